The summed E-state index contributed by atoms with van der Waals surface area (Å²) < 4.78 is 24.6. The van der Waals surface area contributed by atoms with Gasteiger partial charge in [0.05, 0.1) is 14.2 Å². The molecule has 0 heterocycles. The summed E-state index contributed by atoms with van der Waals surface area (Å²) in [6.45, 7) is 0.361. The van der Waals surface area contributed by atoms with E-state index in [0.717, 1.165) is 5.56 Å². The van der Waals surface area contributed by atoms with Gasteiger partial charge in [-0.1, -0.05) is 18.2 Å². The first-order chi connectivity index (χ1) is 9.21. The van der Waals surface area contributed by atoms with Crippen molar-refractivity contribution in [1.29, 1.82) is 0 Å². The van der Waals surface area contributed by atoms with E-state index in [1.165, 1.54) is 13.2 Å². The van der Waals surface area contributed by atoms with Crippen molar-refractivity contribution < 1.29 is 13.9 Å². The minimum atomic E-state index is -0.316. The van der Waals surface area contributed by atoms with Crippen molar-refractivity contribution in [3.63, 3.8) is 0 Å². The molecule has 2 N–H and O–H groups in total. The Hall–Kier alpha value is -2.07. The first kappa shape index (κ1) is 13.4. The van der Waals surface area contributed by atoms with Crippen LogP contribution in [0, 0.1) is 5.82 Å². The van der Waals surface area contributed by atoms with E-state index in [-0.39, 0.29) is 5.82 Å². The SMILES string of the molecule is COc1cccc(-c2cc(CN)ccc2F)c1OC. The van der Waals surface area contributed by atoms with Gasteiger partial charge in [-0.05, 0) is 23.8 Å². The van der Waals surface area contributed by atoms with E-state index in [1.54, 1.807) is 37.4 Å². The van der Waals surface area contributed by atoms with Crippen molar-refractivity contribution in [2.45, 2.75) is 6.54 Å². The van der Waals surface area contributed by atoms with Gasteiger partial charge in [0, 0.05) is 17.7 Å². The van der Waals surface area contributed by atoms with E-state index in [2.05, 4.69) is 0 Å². The zero-order valence-electron chi connectivity index (χ0n) is 10.9. The molecule has 0 spiro atoms. The summed E-state index contributed by atoms with van der Waals surface area (Å²) >= 11 is 0. The van der Waals surface area contributed by atoms with Crippen LogP contribution in [-0.2, 0) is 6.54 Å². The van der Waals surface area contributed by atoms with Crippen LogP contribution < -0.4 is 15.2 Å². The number of ether oxygens (including phenoxy) is 2. The third-order valence-corrected chi connectivity index (χ3v) is 2.96. The van der Waals surface area contributed by atoms with Gasteiger partial charge in [-0.15, -0.1) is 0 Å². The second kappa shape index (κ2) is 5.71. The van der Waals surface area contributed by atoms with Crippen LogP contribution >= 0.6 is 0 Å². The molecule has 100 valence electrons. The lowest BCUT2D eigenvalue weighted by molar-refractivity contribution is 0.356. The van der Waals surface area contributed by atoms with Crippen molar-refractivity contribution in [2.75, 3.05) is 14.2 Å². The van der Waals surface area contributed by atoms with Gasteiger partial charge in [0.1, 0.15) is 5.82 Å². The Morgan fingerprint density at radius 2 is 1.84 bits per heavy atom. The smallest absolute Gasteiger partial charge is 0.168 e. The second-order valence-corrected chi connectivity index (χ2v) is 4.06. The van der Waals surface area contributed by atoms with Crippen molar-refractivity contribution in [1.82, 2.24) is 0 Å². The normalized spacial score (nSPS) is 10.3. The first-order valence-electron chi connectivity index (χ1n) is 5.91. The summed E-state index contributed by atoms with van der Waals surface area (Å²) in [6, 6.07) is 10.2. The van der Waals surface area contributed by atoms with Crippen LogP contribution in [0.1, 0.15) is 5.56 Å². The van der Waals surface area contributed by atoms with Crippen LogP contribution in [0.15, 0.2) is 36.4 Å². The van der Waals surface area contributed by atoms with Crippen molar-refractivity contribution >= 4 is 0 Å². The molecule has 0 unspecified atom stereocenters. The van der Waals surface area contributed by atoms with Gasteiger partial charge in [0.25, 0.3) is 0 Å². The van der Waals surface area contributed by atoms with E-state index in [0.29, 0.717) is 29.2 Å². The van der Waals surface area contributed by atoms with Crippen LogP contribution in [0.3, 0.4) is 0 Å². The number of hydrogen-bond donors (Lipinski definition) is 1. The van der Waals surface area contributed by atoms with Crippen LogP contribution in [0.25, 0.3) is 11.1 Å². The largest absolute Gasteiger partial charge is 0.493 e. The Labute approximate surface area is 111 Å². The third-order valence-electron chi connectivity index (χ3n) is 2.96. The van der Waals surface area contributed by atoms with E-state index in [1.807, 2.05) is 0 Å². The van der Waals surface area contributed by atoms with E-state index in [4.69, 9.17) is 15.2 Å². The fourth-order valence-electron chi connectivity index (χ4n) is 2.01. The summed E-state index contributed by atoms with van der Waals surface area (Å²) in [5, 5.41) is 0. The highest BCUT2D eigenvalue weighted by molar-refractivity contribution is 5.74. The predicted molar refractivity (Wildman–Crippen MR) is 72.8 cm³/mol. The lowest BCUT2D eigenvalue weighted by Crippen LogP contribution is -1.99. The molecule has 0 aliphatic rings. The van der Waals surface area contributed by atoms with Crippen LogP contribution in [0.2, 0.25) is 0 Å². The molecule has 2 aromatic carbocycles. The average Bonchev–Trinajstić information content (AvgIpc) is 2.46. The molecule has 0 fully saturated rings. The van der Waals surface area contributed by atoms with Gasteiger partial charge < -0.3 is 15.2 Å². The molecule has 0 aliphatic heterocycles. The molecule has 19 heavy (non-hydrogen) atoms. The zero-order valence-corrected chi connectivity index (χ0v) is 10.9. The minimum Gasteiger partial charge on any atom is -0.493 e. The van der Waals surface area contributed by atoms with Gasteiger partial charge in [-0.25, -0.2) is 4.39 Å². The number of para-hydroxylation sites is 1. The Morgan fingerprint density at radius 3 is 2.47 bits per heavy atom. The number of halogens is 1. The van der Waals surface area contributed by atoms with E-state index >= 15 is 0 Å². The molecule has 0 saturated carbocycles. The van der Waals surface area contributed by atoms with Crippen LogP contribution in [-0.4, -0.2) is 14.2 Å². The third kappa shape index (κ3) is 2.53. The van der Waals surface area contributed by atoms with Gasteiger partial charge in [0.15, 0.2) is 11.5 Å². The zero-order chi connectivity index (χ0) is 13.8. The molecular formula is C15H16FNO2. The maximum absolute atomic E-state index is 14.0. The first-order valence-corrected chi connectivity index (χ1v) is 5.91. The number of benzene rings is 2. The lowest BCUT2D eigenvalue weighted by atomic mass is 10.0. The van der Waals surface area contributed by atoms with Crippen LogP contribution in [0.5, 0.6) is 11.5 Å². The highest BCUT2D eigenvalue weighted by atomic mass is 19.1. The summed E-state index contributed by atoms with van der Waals surface area (Å²) in [5.41, 5.74) is 7.56. The quantitative estimate of drug-likeness (QED) is 0.920. The molecule has 2 rings (SSSR count). The molecule has 2 aromatic rings. The number of rotatable bonds is 4. The van der Waals surface area contributed by atoms with Crippen molar-refractivity contribution in [3.05, 3.63) is 47.8 Å². The molecular weight excluding hydrogens is 245 g/mol. The lowest BCUT2D eigenvalue weighted by Gasteiger charge is -2.13. The number of hydrogen-bond acceptors (Lipinski definition) is 3. The predicted octanol–water partition coefficient (Wildman–Crippen LogP) is 2.97. The van der Waals surface area contributed by atoms with Gasteiger partial charge in [0.2, 0.25) is 0 Å². The molecule has 0 amide bonds. The highest BCUT2D eigenvalue weighted by Crippen LogP contribution is 2.38. The standard InChI is InChI=1S/C15H16FNO2/c1-18-14-5-3-4-11(15(14)19-2)12-8-10(9-17)6-7-13(12)16/h3-8H,9,17H2,1-2H3. The molecule has 0 aliphatic carbocycles. The molecule has 0 bridgehead atoms. The van der Waals surface area contributed by atoms with Crippen molar-refractivity contribution in [3.8, 4) is 22.6 Å². The summed E-state index contributed by atoms with van der Waals surface area (Å²) in [7, 11) is 3.08. The summed E-state index contributed by atoms with van der Waals surface area (Å²) in [5.74, 6) is 0.763. The Balaban J connectivity index is 2.64. The second-order valence-electron chi connectivity index (χ2n) is 4.06. The fraction of sp³-hybridized carbons (Fsp3) is 0.200. The van der Waals surface area contributed by atoms with Gasteiger partial charge in [-0.3, -0.25) is 0 Å². The molecule has 0 aromatic heterocycles. The number of nitrogens with two attached hydrogens (primary N) is 1. The van der Waals surface area contributed by atoms with Gasteiger partial charge >= 0.3 is 0 Å². The highest BCUT2D eigenvalue weighted by Gasteiger charge is 2.14. The van der Waals surface area contributed by atoms with E-state index in [9.17, 15) is 4.39 Å². The molecule has 4 heteroatoms. The van der Waals surface area contributed by atoms with Crippen molar-refractivity contribution in [2.24, 2.45) is 5.73 Å². The molecule has 0 atom stereocenters. The topological polar surface area (TPSA) is 44.5 Å². The molecule has 0 saturated heterocycles. The summed E-state index contributed by atoms with van der Waals surface area (Å²) in [6.07, 6.45) is 0. The summed E-state index contributed by atoms with van der Waals surface area (Å²) in [4.78, 5) is 0. The van der Waals surface area contributed by atoms with Crippen LogP contribution in [0.4, 0.5) is 4.39 Å². The van der Waals surface area contributed by atoms with E-state index < -0.39 is 0 Å². The Kier molecular flexibility index (Phi) is 4.02. The molecule has 3 nitrogen and oxygen atoms in total. The maximum atomic E-state index is 14.0. The maximum Gasteiger partial charge on any atom is 0.168 e. The Bertz CT molecular complexity index is 584. The minimum absolute atomic E-state index is 0.316. The average molecular weight is 261 g/mol. The van der Waals surface area contributed by atoms with Gasteiger partial charge in [-0.2, -0.15) is 0 Å². The number of methoxy groups -OCH3 is 2. The Morgan fingerprint density at radius 1 is 1.05 bits per heavy atom. The molecule has 0 radical (unpaired) electrons. The fourth-order valence-corrected chi connectivity index (χ4v) is 2.01. The monoisotopic (exact) mass is 261 g/mol.